The van der Waals surface area contributed by atoms with Crippen molar-refractivity contribution in [3.8, 4) is 0 Å². The van der Waals surface area contributed by atoms with Gasteiger partial charge in [0.1, 0.15) is 0 Å². The fourth-order valence-corrected chi connectivity index (χ4v) is 6.23. The summed E-state index contributed by atoms with van der Waals surface area (Å²) in [6.07, 6.45) is 5.79. The third kappa shape index (κ3) is 5.71. The van der Waals surface area contributed by atoms with E-state index in [0.717, 1.165) is 30.8 Å². The van der Waals surface area contributed by atoms with Crippen LogP contribution in [0.2, 0.25) is 5.02 Å². The summed E-state index contributed by atoms with van der Waals surface area (Å²) in [4.78, 5) is 20.6. The van der Waals surface area contributed by atoms with Gasteiger partial charge in [0, 0.05) is 34.4 Å². The van der Waals surface area contributed by atoms with Crippen molar-refractivity contribution in [1.29, 1.82) is 0 Å². The van der Waals surface area contributed by atoms with Crippen LogP contribution in [-0.4, -0.2) is 54.3 Å². The second-order valence-electron chi connectivity index (χ2n) is 9.12. The van der Waals surface area contributed by atoms with Gasteiger partial charge in [0.25, 0.3) is 0 Å². The lowest BCUT2D eigenvalue weighted by Gasteiger charge is -2.46. The molecule has 7 heteroatoms. The maximum Gasteiger partial charge on any atom is 0.308 e. The molecule has 1 saturated carbocycles. The molecule has 32 heavy (non-hydrogen) atoms. The zero-order chi connectivity index (χ0) is 22.7. The second-order valence-corrected chi connectivity index (χ2v) is 10.8. The molecule has 4 rings (SSSR count). The quantitative estimate of drug-likeness (QED) is 0.528. The van der Waals surface area contributed by atoms with Crippen molar-refractivity contribution in [3.05, 3.63) is 50.4 Å². The Morgan fingerprint density at radius 3 is 2.56 bits per heavy atom. The van der Waals surface area contributed by atoms with Crippen LogP contribution in [0, 0.1) is 13.8 Å². The largest absolute Gasteiger partial charge is 0.469 e. The van der Waals surface area contributed by atoms with E-state index in [1.54, 1.807) is 0 Å². The number of carbonyl (C=O) groups excluding carboxylic acids is 1. The number of aryl methyl sites for hydroxylation is 2. The Labute approximate surface area is 200 Å². The molecule has 1 aliphatic carbocycles. The minimum atomic E-state index is -0.204. The number of carbonyl (C=O) groups is 1. The highest BCUT2D eigenvalue weighted by Gasteiger charge is 2.37. The van der Waals surface area contributed by atoms with Crippen LogP contribution in [0.15, 0.2) is 24.3 Å². The Balaban J connectivity index is 1.44. The van der Waals surface area contributed by atoms with Crippen LogP contribution in [0.3, 0.4) is 0 Å². The summed E-state index contributed by atoms with van der Waals surface area (Å²) in [7, 11) is 1.44. The van der Waals surface area contributed by atoms with Crippen molar-refractivity contribution in [3.63, 3.8) is 0 Å². The molecule has 1 saturated heterocycles. The van der Waals surface area contributed by atoms with E-state index in [1.807, 2.05) is 23.5 Å². The predicted octanol–water partition coefficient (Wildman–Crippen LogP) is 5.31. The molecule has 2 aromatic rings. The molecule has 0 radical (unpaired) electrons. The molecule has 0 spiro atoms. The van der Waals surface area contributed by atoms with Crippen LogP contribution in [-0.2, 0) is 20.7 Å². The van der Waals surface area contributed by atoms with Gasteiger partial charge in [0.2, 0.25) is 0 Å². The SMILES string of the molecule is COC(=O)C[C@H]1CN(C2CCC(c3nc(C)c(C)s3)CC2)C(Cc2ccc(Cl)cc2)CO1. The van der Waals surface area contributed by atoms with Gasteiger partial charge in [-0.2, -0.15) is 0 Å². The van der Waals surface area contributed by atoms with Crippen molar-refractivity contribution < 1.29 is 14.3 Å². The van der Waals surface area contributed by atoms with Gasteiger partial charge in [0.05, 0.1) is 36.9 Å². The average Bonchev–Trinajstić information content (AvgIpc) is 3.14. The minimum absolute atomic E-state index is 0.106. The smallest absolute Gasteiger partial charge is 0.308 e. The first kappa shape index (κ1) is 23.7. The normalized spacial score (nSPS) is 26.8. The Hall–Kier alpha value is -1.47. The van der Waals surface area contributed by atoms with E-state index >= 15 is 0 Å². The molecule has 0 amide bonds. The van der Waals surface area contributed by atoms with Crippen LogP contribution in [0.5, 0.6) is 0 Å². The Morgan fingerprint density at radius 1 is 1.22 bits per heavy atom. The van der Waals surface area contributed by atoms with Gasteiger partial charge in [-0.05, 0) is 63.6 Å². The molecule has 1 aromatic heterocycles. The summed E-state index contributed by atoms with van der Waals surface area (Å²) in [5.41, 5.74) is 2.44. The van der Waals surface area contributed by atoms with Gasteiger partial charge >= 0.3 is 5.97 Å². The van der Waals surface area contributed by atoms with Crippen LogP contribution < -0.4 is 0 Å². The number of benzene rings is 1. The number of aromatic nitrogens is 1. The summed E-state index contributed by atoms with van der Waals surface area (Å²) in [6.45, 7) is 5.68. The zero-order valence-electron chi connectivity index (χ0n) is 19.2. The molecule has 1 aromatic carbocycles. The van der Waals surface area contributed by atoms with Gasteiger partial charge in [-0.25, -0.2) is 4.98 Å². The fourth-order valence-electron chi connectivity index (χ4n) is 5.02. The first-order valence-electron chi connectivity index (χ1n) is 11.6. The number of esters is 1. The molecule has 0 N–H and O–H groups in total. The fraction of sp³-hybridized carbons (Fsp3) is 0.600. The van der Waals surface area contributed by atoms with Crippen molar-refractivity contribution in [2.75, 3.05) is 20.3 Å². The molecule has 174 valence electrons. The monoisotopic (exact) mass is 476 g/mol. The highest BCUT2D eigenvalue weighted by molar-refractivity contribution is 7.11. The molecular weight excluding hydrogens is 444 g/mol. The molecule has 0 bridgehead atoms. The number of morpholine rings is 1. The Kier molecular flexibility index (Phi) is 7.87. The van der Waals surface area contributed by atoms with Crippen molar-refractivity contribution in [2.45, 2.75) is 76.5 Å². The maximum atomic E-state index is 11.9. The molecule has 2 heterocycles. The van der Waals surface area contributed by atoms with Crippen LogP contribution in [0.4, 0.5) is 0 Å². The highest BCUT2D eigenvalue weighted by Crippen LogP contribution is 2.38. The van der Waals surface area contributed by atoms with E-state index < -0.39 is 0 Å². The molecule has 2 aliphatic rings. The summed E-state index contributed by atoms with van der Waals surface area (Å²) >= 11 is 7.94. The van der Waals surface area contributed by atoms with E-state index in [2.05, 4.69) is 30.9 Å². The van der Waals surface area contributed by atoms with E-state index in [4.69, 9.17) is 26.1 Å². The van der Waals surface area contributed by atoms with E-state index in [-0.39, 0.29) is 12.1 Å². The molecule has 1 aliphatic heterocycles. The molecule has 2 fully saturated rings. The minimum Gasteiger partial charge on any atom is -0.469 e. The lowest BCUT2D eigenvalue weighted by atomic mass is 9.84. The van der Waals surface area contributed by atoms with Crippen molar-refractivity contribution >= 4 is 28.9 Å². The lowest BCUT2D eigenvalue weighted by Crippen LogP contribution is -2.55. The van der Waals surface area contributed by atoms with E-state index in [9.17, 15) is 4.79 Å². The number of nitrogens with zero attached hydrogens (tertiary/aromatic N) is 2. The summed E-state index contributed by atoms with van der Waals surface area (Å²) in [5, 5.41) is 2.07. The van der Waals surface area contributed by atoms with Gasteiger partial charge in [0.15, 0.2) is 0 Å². The van der Waals surface area contributed by atoms with Crippen molar-refractivity contribution in [2.24, 2.45) is 0 Å². The van der Waals surface area contributed by atoms with Gasteiger partial charge < -0.3 is 9.47 Å². The summed E-state index contributed by atoms with van der Waals surface area (Å²) in [6, 6.07) is 8.92. The number of rotatable bonds is 6. The molecular formula is C25H33ClN2O3S. The van der Waals surface area contributed by atoms with E-state index in [0.29, 0.717) is 31.0 Å². The zero-order valence-corrected chi connectivity index (χ0v) is 20.8. The number of hydrogen-bond acceptors (Lipinski definition) is 6. The number of ether oxygens (including phenoxy) is 2. The number of halogens is 1. The number of hydrogen-bond donors (Lipinski definition) is 0. The molecule has 2 atom stereocenters. The lowest BCUT2D eigenvalue weighted by molar-refractivity contribution is -0.148. The third-order valence-corrected chi connectivity index (χ3v) is 8.46. The predicted molar refractivity (Wildman–Crippen MR) is 129 cm³/mol. The first-order chi connectivity index (χ1) is 15.4. The third-order valence-electron chi connectivity index (χ3n) is 6.97. The van der Waals surface area contributed by atoms with Gasteiger partial charge in [-0.3, -0.25) is 9.69 Å². The topological polar surface area (TPSA) is 51.7 Å². The average molecular weight is 477 g/mol. The molecule has 1 unspecified atom stereocenters. The van der Waals surface area contributed by atoms with Gasteiger partial charge in [-0.1, -0.05) is 23.7 Å². The Morgan fingerprint density at radius 2 is 1.94 bits per heavy atom. The summed E-state index contributed by atoms with van der Waals surface area (Å²) in [5.74, 6) is 0.370. The first-order valence-corrected chi connectivity index (χ1v) is 12.7. The molecule has 5 nitrogen and oxygen atoms in total. The maximum absolute atomic E-state index is 11.9. The second kappa shape index (κ2) is 10.6. The van der Waals surface area contributed by atoms with Crippen LogP contribution in [0.1, 0.15) is 59.2 Å². The highest BCUT2D eigenvalue weighted by atomic mass is 35.5. The van der Waals surface area contributed by atoms with Crippen LogP contribution >= 0.6 is 22.9 Å². The van der Waals surface area contributed by atoms with E-state index in [1.165, 1.54) is 41.1 Å². The van der Waals surface area contributed by atoms with Gasteiger partial charge in [-0.15, -0.1) is 11.3 Å². The summed E-state index contributed by atoms with van der Waals surface area (Å²) < 4.78 is 11.0. The van der Waals surface area contributed by atoms with Crippen LogP contribution in [0.25, 0.3) is 0 Å². The Bertz CT molecular complexity index is 889. The standard InChI is InChI=1S/C25H33ClN2O3S/c1-16-17(2)32-25(27-16)19-6-10-21(11-7-19)28-14-23(13-24(29)30-3)31-15-22(28)12-18-4-8-20(26)9-5-18/h4-5,8-9,19,21-23H,6-7,10-15H2,1-3H3/t19?,21?,22?,23-/m0/s1. The number of methoxy groups -OCH3 is 1. The number of thiazole rings is 1. The van der Waals surface area contributed by atoms with Crippen molar-refractivity contribution in [1.82, 2.24) is 9.88 Å².